The van der Waals surface area contributed by atoms with Crippen LogP contribution in [-0.4, -0.2) is 21.2 Å². The predicted octanol–water partition coefficient (Wildman–Crippen LogP) is 4.18. The van der Waals surface area contributed by atoms with E-state index in [9.17, 15) is 0 Å². The van der Waals surface area contributed by atoms with Crippen LogP contribution in [0.4, 0.5) is 11.5 Å². The number of aryl methyl sites for hydroxylation is 1. The zero-order chi connectivity index (χ0) is 17.5. The van der Waals surface area contributed by atoms with Crippen LogP contribution < -0.4 is 14.8 Å². The lowest BCUT2D eigenvalue weighted by atomic mass is 10.2. The van der Waals surface area contributed by atoms with E-state index in [2.05, 4.69) is 27.7 Å². The monoisotopic (exact) mass is 344 g/mol. The third-order valence-corrected chi connectivity index (χ3v) is 4.43. The first-order chi connectivity index (χ1) is 12.8. The summed E-state index contributed by atoms with van der Waals surface area (Å²) in [6.07, 6.45) is 3.55. The molecule has 0 radical (unpaired) electrons. The van der Waals surface area contributed by atoms with Gasteiger partial charge in [0.15, 0.2) is 11.5 Å². The van der Waals surface area contributed by atoms with E-state index in [-0.39, 0.29) is 6.79 Å². The van der Waals surface area contributed by atoms with E-state index in [0.29, 0.717) is 0 Å². The lowest BCUT2D eigenvalue weighted by Gasteiger charge is -2.11. The first kappa shape index (κ1) is 14.8. The van der Waals surface area contributed by atoms with E-state index in [1.54, 1.807) is 12.4 Å². The largest absolute Gasteiger partial charge is 0.454 e. The van der Waals surface area contributed by atoms with Gasteiger partial charge in [-0.25, -0.2) is 4.98 Å². The third-order valence-electron chi connectivity index (χ3n) is 4.43. The van der Waals surface area contributed by atoms with Gasteiger partial charge in [-0.3, -0.25) is 9.38 Å². The molecule has 128 valence electrons. The van der Waals surface area contributed by atoms with Crippen molar-refractivity contribution < 1.29 is 9.47 Å². The van der Waals surface area contributed by atoms with Crippen molar-refractivity contribution in [3.63, 3.8) is 0 Å². The molecule has 0 saturated heterocycles. The molecular weight excluding hydrogens is 328 g/mol. The standard InChI is InChI=1S/C20H16N4O2/c1-13-3-2-4-18-23-19(14-7-9-21-10-8-14)20(24(13)18)22-15-5-6-16-17(11-15)26-12-25-16/h2-11,22H,12H2,1H3. The molecular formula is C20H16N4O2. The molecule has 3 aromatic heterocycles. The zero-order valence-corrected chi connectivity index (χ0v) is 14.1. The van der Waals surface area contributed by atoms with Gasteiger partial charge in [-0.2, -0.15) is 0 Å². The maximum atomic E-state index is 5.49. The molecule has 0 atom stereocenters. The molecule has 0 amide bonds. The quantitative estimate of drug-likeness (QED) is 0.604. The van der Waals surface area contributed by atoms with Crippen LogP contribution in [0.2, 0.25) is 0 Å². The Morgan fingerprint density at radius 1 is 1.00 bits per heavy atom. The van der Waals surface area contributed by atoms with Gasteiger partial charge < -0.3 is 14.8 Å². The van der Waals surface area contributed by atoms with Gasteiger partial charge in [0.05, 0.1) is 0 Å². The summed E-state index contributed by atoms with van der Waals surface area (Å²) < 4.78 is 13.0. The second-order valence-electron chi connectivity index (χ2n) is 6.10. The SMILES string of the molecule is Cc1cccc2nc(-c3ccncc3)c(Nc3ccc4c(c3)OCO4)n12. The topological polar surface area (TPSA) is 60.7 Å². The molecule has 1 N–H and O–H groups in total. The van der Waals surface area contributed by atoms with Crippen LogP contribution in [0.3, 0.4) is 0 Å². The Hall–Kier alpha value is -3.54. The molecule has 1 aromatic carbocycles. The Labute approximate surface area is 150 Å². The highest BCUT2D eigenvalue weighted by Crippen LogP contribution is 2.37. The summed E-state index contributed by atoms with van der Waals surface area (Å²) in [5, 5.41) is 3.51. The van der Waals surface area contributed by atoms with Gasteiger partial charge >= 0.3 is 0 Å². The van der Waals surface area contributed by atoms with Crippen molar-refractivity contribution in [2.75, 3.05) is 12.1 Å². The van der Waals surface area contributed by atoms with Crippen LogP contribution in [0.25, 0.3) is 16.9 Å². The highest BCUT2D eigenvalue weighted by molar-refractivity contribution is 5.80. The number of fused-ring (bicyclic) bond motifs is 2. The van der Waals surface area contributed by atoms with Crippen molar-refractivity contribution in [1.29, 1.82) is 0 Å². The van der Waals surface area contributed by atoms with Gasteiger partial charge in [-0.1, -0.05) is 6.07 Å². The number of anilines is 2. The number of nitrogens with one attached hydrogen (secondary N) is 1. The van der Waals surface area contributed by atoms with E-state index in [1.807, 2.05) is 42.5 Å². The van der Waals surface area contributed by atoms with Crippen LogP contribution in [0.1, 0.15) is 5.69 Å². The fourth-order valence-electron chi connectivity index (χ4n) is 3.19. The van der Waals surface area contributed by atoms with E-state index in [1.165, 1.54) is 0 Å². The average Bonchev–Trinajstić information content (AvgIpc) is 3.28. The summed E-state index contributed by atoms with van der Waals surface area (Å²) in [6.45, 7) is 2.33. The van der Waals surface area contributed by atoms with Gasteiger partial charge in [-0.05, 0) is 43.3 Å². The minimum Gasteiger partial charge on any atom is -0.454 e. The van der Waals surface area contributed by atoms with E-state index in [0.717, 1.165) is 45.6 Å². The van der Waals surface area contributed by atoms with Crippen molar-refractivity contribution in [3.8, 4) is 22.8 Å². The number of aromatic nitrogens is 3. The zero-order valence-electron chi connectivity index (χ0n) is 14.1. The number of nitrogens with zero attached hydrogens (tertiary/aromatic N) is 3. The lowest BCUT2D eigenvalue weighted by Crippen LogP contribution is -1.99. The molecule has 5 rings (SSSR count). The Morgan fingerprint density at radius 2 is 1.85 bits per heavy atom. The van der Waals surface area contributed by atoms with Crippen LogP contribution in [0.5, 0.6) is 11.5 Å². The second kappa shape index (κ2) is 5.77. The molecule has 0 bridgehead atoms. The van der Waals surface area contributed by atoms with Gasteiger partial charge in [0, 0.05) is 35.4 Å². The maximum Gasteiger partial charge on any atom is 0.231 e. The molecule has 6 heteroatoms. The number of benzene rings is 1. The maximum absolute atomic E-state index is 5.49. The van der Waals surface area contributed by atoms with E-state index >= 15 is 0 Å². The minimum atomic E-state index is 0.260. The predicted molar refractivity (Wildman–Crippen MR) is 99.0 cm³/mol. The van der Waals surface area contributed by atoms with Crippen LogP contribution >= 0.6 is 0 Å². The van der Waals surface area contributed by atoms with E-state index in [4.69, 9.17) is 14.5 Å². The minimum absolute atomic E-state index is 0.260. The summed E-state index contributed by atoms with van der Waals surface area (Å²) in [5.74, 6) is 2.41. The van der Waals surface area contributed by atoms with Crippen LogP contribution in [0.15, 0.2) is 60.9 Å². The Balaban J connectivity index is 1.68. The summed E-state index contributed by atoms with van der Waals surface area (Å²) in [4.78, 5) is 8.94. The fourth-order valence-corrected chi connectivity index (χ4v) is 3.19. The van der Waals surface area contributed by atoms with Crippen molar-refractivity contribution in [2.24, 2.45) is 0 Å². The highest BCUT2D eigenvalue weighted by Gasteiger charge is 2.18. The molecule has 26 heavy (non-hydrogen) atoms. The van der Waals surface area contributed by atoms with Crippen LogP contribution in [0, 0.1) is 6.92 Å². The number of hydrogen-bond acceptors (Lipinski definition) is 5. The first-order valence-corrected chi connectivity index (χ1v) is 8.35. The molecule has 1 aliphatic rings. The third kappa shape index (κ3) is 2.35. The number of imidazole rings is 1. The second-order valence-corrected chi connectivity index (χ2v) is 6.10. The van der Waals surface area contributed by atoms with Gasteiger partial charge in [-0.15, -0.1) is 0 Å². The molecule has 1 aliphatic heterocycles. The number of hydrogen-bond donors (Lipinski definition) is 1. The van der Waals surface area contributed by atoms with Crippen molar-refractivity contribution in [3.05, 3.63) is 66.6 Å². The Morgan fingerprint density at radius 3 is 2.73 bits per heavy atom. The highest BCUT2D eigenvalue weighted by atomic mass is 16.7. The van der Waals surface area contributed by atoms with Crippen LogP contribution in [-0.2, 0) is 0 Å². The molecule has 0 unspecified atom stereocenters. The molecule has 0 fully saturated rings. The van der Waals surface area contributed by atoms with Crippen molar-refractivity contribution >= 4 is 17.2 Å². The van der Waals surface area contributed by atoms with Crippen molar-refractivity contribution in [2.45, 2.75) is 6.92 Å². The van der Waals surface area contributed by atoms with Gasteiger partial charge in [0.2, 0.25) is 6.79 Å². The Bertz CT molecular complexity index is 1110. The summed E-state index contributed by atoms with van der Waals surface area (Å²) in [7, 11) is 0. The molecule has 6 nitrogen and oxygen atoms in total. The molecule has 4 heterocycles. The number of rotatable bonds is 3. The summed E-state index contributed by atoms with van der Waals surface area (Å²) in [6, 6.07) is 15.8. The number of ether oxygens (including phenoxy) is 2. The molecule has 0 saturated carbocycles. The molecule has 0 aliphatic carbocycles. The molecule has 4 aromatic rings. The first-order valence-electron chi connectivity index (χ1n) is 8.35. The summed E-state index contributed by atoms with van der Waals surface area (Å²) >= 11 is 0. The summed E-state index contributed by atoms with van der Waals surface area (Å²) in [5.41, 5.74) is 4.78. The number of pyridine rings is 2. The average molecular weight is 344 g/mol. The van der Waals surface area contributed by atoms with Gasteiger partial charge in [0.25, 0.3) is 0 Å². The smallest absolute Gasteiger partial charge is 0.231 e. The van der Waals surface area contributed by atoms with E-state index < -0.39 is 0 Å². The van der Waals surface area contributed by atoms with Crippen molar-refractivity contribution in [1.82, 2.24) is 14.4 Å². The Kier molecular flexibility index (Phi) is 3.28. The normalized spacial score (nSPS) is 12.5. The lowest BCUT2D eigenvalue weighted by molar-refractivity contribution is 0.174. The molecule has 0 spiro atoms. The van der Waals surface area contributed by atoms with Gasteiger partial charge in [0.1, 0.15) is 17.2 Å². The fraction of sp³-hybridized carbons (Fsp3) is 0.100.